The molecule has 0 radical (unpaired) electrons. The summed E-state index contributed by atoms with van der Waals surface area (Å²) in [6, 6.07) is 7.42. The van der Waals surface area contributed by atoms with Crippen LogP contribution < -0.4 is 11.1 Å². The highest BCUT2D eigenvalue weighted by molar-refractivity contribution is 5.94. The minimum atomic E-state index is 0.00771. The van der Waals surface area contributed by atoms with Crippen LogP contribution >= 0.6 is 0 Å². The molecule has 3 rings (SSSR count). The molecule has 0 unspecified atom stereocenters. The van der Waals surface area contributed by atoms with E-state index in [4.69, 9.17) is 5.73 Å². The van der Waals surface area contributed by atoms with Gasteiger partial charge in [0.2, 0.25) is 0 Å². The minimum Gasteiger partial charge on any atom is -0.351 e. The van der Waals surface area contributed by atoms with Gasteiger partial charge < -0.3 is 11.1 Å². The maximum absolute atomic E-state index is 12.2. The highest BCUT2D eigenvalue weighted by atomic mass is 16.1. The van der Waals surface area contributed by atoms with E-state index in [0.717, 1.165) is 18.0 Å². The topological polar surface area (TPSA) is 55.1 Å². The first-order valence-corrected chi connectivity index (χ1v) is 7.31. The standard InChI is InChI=1S/C17H20N2O/c18-10-2-4-13-3-1-5-14(11-13)16(20)19-12-17(8-9-17)15-6-7-15/h1,3,5,11,15H,6-10,12,18H2,(H,19,20). The first-order valence-electron chi connectivity index (χ1n) is 7.31. The monoisotopic (exact) mass is 268 g/mol. The lowest BCUT2D eigenvalue weighted by Gasteiger charge is -2.15. The zero-order chi connectivity index (χ0) is 14.0. The van der Waals surface area contributed by atoms with Crippen molar-refractivity contribution in [3.8, 4) is 11.8 Å². The minimum absolute atomic E-state index is 0.00771. The van der Waals surface area contributed by atoms with Crippen LogP contribution in [0, 0.1) is 23.2 Å². The molecule has 3 nitrogen and oxygen atoms in total. The third-order valence-electron chi connectivity index (χ3n) is 4.40. The van der Waals surface area contributed by atoms with E-state index in [0.29, 0.717) is 17.5 Å². The van der Waals surface area contributed by atoms with Crippen LogP contribution in [-0.2, 0) is 0 Å². The molecular formula is C17H20N2O. The first-order chi connectivity index (χ1) is 9.73. The van der Waals surface area contributed by atoms with Gasteiger partial charge in [-0.1, -0.05) is 17.9 Å². The number of nitrogens with two attached hydrogens (primary N) is 1. The van der Waals surface area contributed by atoms with Crippen molar-refractivity contribution in [2.75, 3.05) is 13.1 Å². The fraction of sp³-hybridized carbons (Fsp3) is 0.471. The molecule has 0 bridgehead atoms. The molecule has 2 fully saturated rings. The maximum Gasteiger partial charge on any atom is 0.251 e. The highest BCUT2D eigenvalue weighted by Crippen LogP contribution is 2.60. The number of amides is 1. The highest BCUT2D eigenvalue weighted by Gasteiger charge is 2.53. The van der Waals surface area contributed by atoms with Gasteiger partial charge in [0.15, 0.2) is 0 Å². The summed E-state index contributed by atoms with van der Waals surface area (Å²) in [5, 5.41) is 3.09. The van der Waals surface area contributed by atoms with E-state index in [1.165, 1.54) is 25.7 Å². The van der Waals surface area contributed by atoms with Gasteiger partial charge >= 0.3 is 0 Å². The molecule has 104 valence electrons. The van der Waals surface area contributed by atoms with Gasteiger partial charge in [-0.2, -0.15) is 0 Å². The summed E-state index contributed by atoms with van der Waals surface area (Å²) in [5.74, 6) is 6.64. The molecule has 20 heavy (non-hydrogen) atoms. The number of benzene rings is 1. The smallest absolute Gasteiger partial charge is 0.251 e. The second-order valence-corrected chi connectivity index (χ2v) is 5.91. The van der Waals surface area contributed by atoms with Crippen molar-refractivity contribution < 1.29 is 4.79 Å². The Morgan fingerprint density at radius 1 is 1.40 bits per heavy atom. The molecule has 2 aliphatic carbocycles. The lowest BCUT2D eigenvalue weighted by atomic mass is 10.0. The van der Waals surface area contributed by atoms with E-state index < -0.39 is 0 Å². The van der Waals surface area contributed by atoms with Gasteiger partial charge in [-0.05, 0) is 55.2 Å². The summed E-state index contributed by atoms with van der Waals surface area (Å²) >= 11 is 0. The zero-order valence-corrected chi connectivity index (χ0v) is 11.6. The number of rotatable bonds is 4. The Morgan fingerprint density at radius 2 is 2.20 bits per heavy atom. The molecule has 0 atom stereocenters. The number of carbonyl (C=O) groups excluding carboxylic acids is 1. The summed E-state index contributed by atoms with van der Waals surface area (Å²) in [6.07, 6.45) is 5.25. The molecule has 2 saturated carbocycles. The summed E-state index contributed by atoms with van der Waals surface area (Å²) in [6.45, 7) is 1.16. The van der Waals surface area contributed by atoms with Crippen molar-refractivity contribution in [1.29, 1.82) is 0 Å². The Kier molecular flexibility index (Phi) is 3.50. The zero-order valence-electron chi connectivity index (χ0n) is 11.6. The maximum atomic E-state index is 12.2. The van der Waals surface area contributed by atoms with Crippen molar-refractivity contribution >= 4 is 5.91 Å². The van der Waals surface area contributed by atoms with Crippen LogP contribution in [0.5, 0.6) is 0 Å². The molecule has 0 heterocycles. The number of nitrogens with one attached hydrogen (secondary N) is 1. The van der Waals surface area contributed by atoms with Crippen LogP contribution in [0.2, 0.25) is 0 Å². The van der Waals surface area contributed by atoms with E-state index in [-0.39, 0.29) is 5.91 Å². The predicted molar refractivity (Wildman–Crippen MR) is 79.1 cm³/mol. The molecule has 1 aromatic rings. The predicted octanol–water partition coefficient (Wildman–Crippen LogP) is 1.92. The fourth-order valence-corrected chi connectivity index (χ4v) is 2.84. The Morgan fingerprint density at radius 3 is 2.85 bits per heavy atom. The molecule has 2 aliphatic rings. The molecule has 3 N–H and O–H groups in total. The lowest BCUT2D eigenvalue weighted by Crippen LogP contribution is -2.31. The number of hydrogen-bond acceptors (Lipinski definition) is 2. The molecule has 1 amide bonds. The Labute approximate surface area is 119 Å². The van der Waals surface area contributed by atoms with Gasteiger partial charge in [0.1, 0.15) is 0 Å². The van der Waals surface area contributed by atoms with Gasteiger partial charge in [-0.25, -0.2) is 0 Å². The third kappa shape index (κ3) is 2.86. The van der Waals surface area contributed by atoms with Crippen LogP contribution in [0.1, 0.15) is 41.6 Å². The average Bonchev–Trinajstić information content (AvgIpc) is 3.35. The largest absolute Gasteiger partial charge is 0.351 e. The van der Waals surface area contributed by atoms with Crippen LogP contribution in [0.3, 0.4) is 0 Å². The van der Waals surface area contributed by atoms with Crippen LogP contribution in [0.4, 0.5) is 0 Å². The molecule has 0 saturated heterocycles. The lowest BCUT2D eigenvalue weighted by molar-refractivity contribution is 0.0942. The van der Waals surface area contributed by atoms with E-state index >= 15 is 0 Å². The summed E-state index contributed by atoms with van der Waals surface area (Å²) in [4.78, 5) is 12.2. The summed E-state index contributed by atoms with van der Waals surface area (Å²) in [5.41, 5.74) is 7.32. The van der Waals surface area contributed by atoms with Gasteiger partial charge in [0, 0.05) is 17.7 Å². The van der Waals surface area contributed by atoms with E-state index in [1.807, 2.05) is 24.3 Å². The van der Waals surface area contributed by atoms with Crippen molar-refractivity contribution in [2.45, 2.75) is 25.7 Å². The molecular weight excluding hydrogens is 248 g/mol. The number of hydrogen-bond donors (Lipinski definition) is 2. The normalized spacial score (nSPS) is 18.9. The van der Waals surface area contributed by atoms with Gasteiger partial charge in [-0.15, -0.1) is 0 Å². The number of carbonyl (C=O) groups is 1. The first kappa shape index (κ1) is 13.2. The summed E-state index contributed by atoms with van der Waals surface area (Å²) in [7, 11) is 0. The van der Waals surface area contributed by atoms with Gasteiger partial charge in [0.25, 0.3) is 5.91 Å². The second-order valence-electron chi connectivity index (χ2n) is 5.91. The van der Waals surface area contributed by atoms with Crippen molar-refractivity contribution in [1.82, 2.24) is 5.32 Å². The van der Waals surface area contributed by atoms with E-state index in [9.17, 15) is 4.79 Å². The fourth-order valence-electron chi connectivity index (χ4n) is 2.84. The van der Waals surface area contributed by atoms with Crippen LogP contribution in [0.15, 0.2) is 24.3 Å². The van der Waals surface area contributed by atoms with E-state index in [2.05, 4.69) is 17.2 Å². The summed E-state index contributed by atoms with van der Waals surface area (Å²) < 4.78 is 0. The Hall–Kier alpha value is -1.79. The van der Waals surface area contributed by atoms with Gasteiger partial charge in [-0.3, -0.25) is 4.79 Å². The van der Waals surface area contributed by atoms with Crippen molar-refractivity contribution in [3.05, 3.63) is 35.4 Å². The Bertz CT molecular complexity index is 574. The third-order valence-corrected chi connectivity index (χ3v) is 4.40. The van der Waals surface area contributed by atoms with E-state index in [1.54, 1.807) is 0 Å². The molecule has 0 aliphatic heterocycles. The van der Waals surface area contributed by atoms with Gasteiger partial charge in [0.05, 0.1) is 6.54 Å². The quantitative estimate of drug-likeness (QED) is 0.820. The molecule has 0 spiro atoms. The SMILES string of the molecule is NCC#Cc1cccc(C(=O)NCC2(C3CC3)CC2)c1. The molecule has 1 aromatic carbocycles. The average molecular weight is 268 g/mol. The van der Waals surface area contributed by atoms with Crippen molar-refractivity contribution in [3.63, 3.8) is 0 Å². The Balaban J connectivity index is 1.62. The van der Waals surface area contributed by atoms with Crippen LogP contribution in [0.25, 0.3) is 0 Å². The molecule has 3 heteroatoms. The molecule has 0 aromatic heterocycles. The van der Waals surface area contributed by atoms with Crippen LogP contribution in [-0.4, -0.2) is 19.0 Å². The van der Waals surface area contributed by atoms with Crippen molar-refractivity contribution in [2.24, 2.45) is 17.1 Å². The second kappa shape index (κ2) is 5.30.